The van der Waals surface area contributed by atoms with Crippen LogP contribution in [-0.2, 0) is 9.59 Å². The second-order valence-electron chi connectivity index (χ2n) is 7.58. The maximum atomic E-state index is 13.1. The van der Waals surface area contributed by atoms with Crippen molar-refractivity contribution in [1.82, 2.24) is 5.32 Å². The normalized spacial score (nSPS) is 12.6. The van der Waals surface area contributed by atoms with Crippen LogP contribution in [0.15, 0.2) is 57.7 Å². The number of rotatable bonds is 11. The van der Waals surface area contributed by atoms with E-state index in [0.717, 1.165) is 11.8 Å². The van der Waals surface area contributed by atoms with Crippen molar-refractivity contribution in [1.29, 1.82) is 0 Å². The van der Waals surface area contributed by atoms with Gasteiger partial charge >= 0.3 is 11.6 Å². The summed E-state index contributed by atoms with van der Waals surface area (Å²) in [6.45, 7) is -0.567. The number of phenolic OH excluding ortho intramolecular Hbond substituents is 1. The van der Waals surface area contributed by atoms with Gasteiger partial charge in [-0.2, -0.15) is 11.8 Å². The van der Waals surface area contributed by atoms with Gasteiger partial charge in [0, 0.05) is 34.4 Å². The molecule has 3 rings (SSSR count). The number of carbonyl (C=O) groups excluding carboxylic acids is 2. The van der Waals surface area contributed by atoms with E-state index in [9.17, 15) is 24.3 Å². The number of nitrogens with two attached hydrogens (primary N) is 1. The number of aromatic hydroxyl groups is 1. The van der Waals surface area contributed by atoms with Gasteiger partial charge in [0.05, 0.1) is 13.2 Å². The van der Waals surface area contributed by atoms with Gasteiger partial charge < -0.3 is 30.4 Å². The first kappa shape index (κ1) is 25.8. The predicted octanol–water partition coefficient (Wildman–Crippen LogP) is 2.08. The Balaban J connectivity index is 1.82. The molecule has 0 aliphatic carbocycles. The third-order valence-corrected chi connectivity index (χ3v) is 6.50. The van der Waals surface area contributed by atoms with Crippen LogP contribution in [0.4, 0.5) is 0 Å². The smallest absolute Gasteiger partial charge is 0.347 e. The van der Waals surface area contributed by atoms with Gasteiger partial charge in [-0.3, -0.25) is 14.4 Å². The molecular weight excluding hydrogens is 476 g/mol. The Morgan fingerprint density at radius 1 is 1.17 bits per heavy atom. The van der Waals surface area contributed by atoms with E-state index in [1.165, 1.54) is 19.2 Å². The fourth-order valence-electron chi connectivity index (χ4n) is 3.30. The zero-order chi connectivity index (χ0) is 25.5. The summed E-state index contributed by atoms with van der Waals surface area (Å²) in [6.07, 6.45) is -0.182. The molecule has 2 atom stereocenters. The van der Waals surface area contributed by atoms with Crippen molar-refractivity contribution < 1.29 is 33.8 Å². The molecule has 0 radical (unpaired) electrons. The van der Waals surface area contributed by atoms with E-state index in [4.69, 9.17) is 20.0 Å². The lowest BCUT2D eigenvalue weighted by Crippen LogP contribution is -2.44. The summed E-state index contributed by atoms with van der Waals surface area (Å²) < 4.78 is 10.4. The Labute approximate surface area is 204 Å². The molecule has 11 heteroatoms. The summed E-state index contributed by atoms with van der Waals surface area (Å²) in [5.74, 6) is -1.90. The van der Waals surface area contributed by atoms with Crippen LogP contribution in [0.3, 0.4) is 0 Å². The van der Waals surface area contributed by atoms with E-state index in [2.05, 4.69) is 5.32 Å². The fourth-order valence-corrected chi connectivity index (χ4v) is 4.54. The highest BCUT2D eigenvalue weighted by atomic mass is 32.2. The lowest BCUT2D eigenvalue weighted by molar-refractivity contribution is -0.138. The number of carbonyl (C=O) groups is 3. The number of phenols is 1. The maximum absolute atomic E-state index is 13.1. The monoisotopic (exact) mass is 500 g/mol. The predicted molar refractivity (Wildman–Crippen MR) is 130 cm³/mol. The molecule has 1 aromatic heterocycles. The van der Waals surface area contributed by atoms with Crippen LogP contribution in [0.1, 0.15) is 27.6 Å². The molecule has 0 aliphatic rings. The van der Waals surface area contributed by atoms with E-state index in [1.54, 1.807) is 36.4 Å². The number of para-hydroxylation sites is 1. The summed E-state index contributed by atoms with van der Waals surface area (Å²) in [6, 6.07) is 11.7. The molecule has 0 saturated carbocycles. The first-order valence-corrected chi connectivity index (χ1v) is 11.5. The highest BCUT2D eigenvalue weighted by molar-refractivity contribution is 7.99. The Morgan fingerprint density at radius 2 is 1.91 bits per heavy atom. The Bertz CT molecular complexity index is 1310. The summed E-state index contributed by atoms with van der Waals surface area (Å²) in [5, 5.41) is 21.1. The largest absolute Gasteiger partial charge is 0.508 e. The standard InChI is InChI=1S/C24H24N2O8S/c1-33-14-7-6-13-8-16(24(32)34-20(13)9-14)19(28)10-21(15-4-2-3-5-18(15)27)35-12-17(25)23(31)26-11-22(29)30/h2-9,17,21,27H,10-12,25H2,1H3,(H,26,31)(H,29,30)/t17-,21?/m0/s1. The van der Waals surface area contributed by atoms with Crippen molar-refractivity contribution in [3.05, 3.63) is 70.1 Å². The number of carboxylic acid groups (broad SMARTS) is 1. The third-order valence-electron chi connectivity index (χ3n) is 5.13. The number of Topliss-reactive ketones (excluding diaryl/α,β-unsaturated/α-hetero) is 1. The number of methoxy groups -OCH3 is 1. The summed E-state index contributed by atoms with van der Waals surface area (Å²) >= 11 is 1.13. The molecule has 0 saturated heterocycles. The minimum absolute atomic E-state index is 0.0316. The number of amides is 1. The number of ketones is 1. The van der Waals surface area contributed by atoms with Crippen LogP contribution in [0.25, 0.3) is 11.0 Å². The van der Waals surface area contributed by atoms with Crippen LogP contribution < -0.4 is 21.4 Å². The van der Waals surface area contributed by atoms with Gasteiger partial charge in [0.2, 0.25) is 5.91 Å². The van der Waals surface area contributed by atoms with Gasteiger partial charge in [-0.15, -0.1) is 0 Å². The molecule has 0 spiro atoms. The Hall–Kier alpha value is -3.83. The number of carboxylic acids is 1. The van der Waals surface area contributed by atoms with Crippen molar-refractivity contribution in [2.24, 2.45) is 5.73 Å². The van der Waals surface area contributed by atoms with Crippen molar-refractivity contribution in [2.45, 2.75) is 17.7 Å². The minimum Gasteiger partial charge on any atom is -0.508 e. The number of nitrogens with one attached hydrogen (secondary N) is 1. The van der Waals surface area contributed by atoms with Crippen LogP contribution >= 0.6 is 11.8 Å². The second-order valence-corrected chi connectivity index (χ2v) is 8.81. The average molecular weight is 501 g/mol. The Morgan fingerprint density at radius 3 is 2.60 bits per heavy atom. The van der Waals surface area contributed by atoms with Crippen molar-refractivity contribution in [3.63, 3.8) is 0 Å². The van der Waals surface area contributed by atoms with Gasteiger partial charge in [-0.05, 0) is 24.3 Å². The van der Waals surface area contributed by atoms with Gasteiger partial charge in [-0.25, -0.2) is 4.79 Å². The SMILES string of the molecule is COc1ccc2cc(C(=O)CC(SC[C@H](N)C(=O)NCC(=O)O)c3ccccc3O)c(=O)oc2c1. The molecule has 35 heavy (non-hydrogen) atoms. The summed E-state index contributed by atoms with van der Waals surface area (Å²) in [5.41, 5.74) is 5.62. The topological polar surface area (TPSA) is 169 Å². The summed E-state index contributed by atoms with van der Waals surface area (Å²) in [4.78, 5) is 48.3. The molecule has 2 aromatic carbocycles. The van der Waals surface area contributed by atoms with Crippen LogP contribution in [0, 0.1) is 0 Å². The lowest BCUT2D eigenvalue weighted by atomic mass is 10.0. The number of hydrogen-bond donors (Lipinski definition) is 4. The quantitative estimate of drug-likeness (QED) is 0.226. The highest BCUT2D eigenvalue weighted by Crippen LogP contribution is 2.38. The number of thioether (sulfide) groups is 1. The van der Waals surface area contributed by atoms with Gasteiger partial charge in [0.25, 0.3) is 0 Å². The van der Waals surface area contributed by atoms with Crippen LogP contribution in [0.5, 0.6) is 11.5 Å². The molecule has 0 fully saturated rings. The molecule has 10 nitrogen and oxygen atoms in total. The molecule has 1 unspecified atom stereocenters. The first-order chi connectivity index (χ1) is 16.7. The molecular formula is C24H24N2O8S. The number of ether oxygens (including phenoxy) is 1. The number of benzene rings is 2. The molecule has 1 amide bonds. The second kappa shape index (κ2) is 11.5. The van der Waals surface area contributed by atoms with Gasteiger partial charge in [0.15, 0.2) is 5.78 Å². The highest BCUT2D eigenvalue weighted by Gasteiger charge is 2.25. The maximum Gasteiger partial charge on any atom is 0.347 e. The fraction of sp³-hybridized carbons (Fsp3) is 0.250. The van der Waals surface area contributed by atoms with E-state index in [0.29, 0.717) is 16.7 Å². The molecule has 184 valence electrons. The van der Waals surface area contributed by atoms with E-state index in [-0.39, 0.29) is 29.1 Å². The number of aliphatic carboxylic acids is 1. The molecule has 0 aliphatic heterocycles. The molecule has 1 heterocycles. The molecule has 3 aromatic rings. The van der Waals surface area contributed by atoms with Crippen molar-refractivity contribution >= 4 is 40.4 Å². The van der Waals surface area contributed by atoms with E-state index in [1.807, 2.05) is 0 Å². The number of fused-ring (bicyclic) bond motifs is 1. The molecule has 5 N–H and O–H groups in total. The van der Waals surface area contributed by atoms with Crippen LogP contribution in [0.2, 0.25) is 0 Å². The van der Waals surface area contributed by atoms with Gasteiger partial charge in [0.1, 0.15) is 29.2 Å². The van der Waals surface area contributed by atoms with Crippen molar-refractivity contribution in [3.8, 4) is 11.5 Å². The zero-order valence-corrected chi connectivity index (χ0v) is 19.5. The van der Waals surface area contributed by atoms with Crippen LogP contribution in [-0.4, -0.2) is 53.3 Å². The molecule has 0 bridgehead atoms. The Kier molecular flexibility index (Phi) is 8.50. The van der Waals surface area contributed by atoms with Crippen molar-refractivity contribution in [2.75, 3.05) is 19.4 Å². The average Bonchev–Trinajstić information content (AvgIpc) is 2.84. The van der Waals surface area contributed by atoms with Gasteiger partial charge in [-0.1, -0.05) is 18.2 Å². The summed E-state index contributed by atoms with van der Waals surface area (Å²) in [7, 11) is 1.48. The first-order valence-electron chi connectivity index (χ1n) is 10.5. The third kappa shape index (κ3) is 6.61. The van der Waals surface area contributed by atoms with E-state index < -0.39 is 41.1 Å². The van der Waals surface area contributed by atoms with E-state index >= 15 is 0 Å². The zero-order valence-electron chi connectivity index (χ0n) is 18.7. The lowest BCUT2D eigenvalue weighted by Gasteiger charge is -2.19. The minimum atomic E-state index is -1.21. The number of hydrogen-bond acceptors (Lipinski definition) is 9.